The van der Waals surface area contributed by atoms with Crippen LogP contribution in [0.15, 0.2) is 29.4 Å². The van der Waals surface area contributed by atoms with Crippen LogP contribution in [0.5, 0.6) is 0 Å². The summed E-state index contributed by atoms with van der Waals surface area (Å²) in [5, 5.41) is 6.64. The van der Waals surface area contributed by atoms with Crippen LogP contribution in [0.4, 0.5) is 0 Å². The van der Waals surface area contributed by atoms with Crippen LogP contribution >= 0.6 is 0 Å². The van der Waals surface area contributed by atoms with Crippen molar-refractivity contribution >= 4 is 5.96 Å². The molecule has 0 bridgehead atoms. The molecule has 5 nitrogen and oxygen atoms in total. The van der Waals surface area contributed by atoms with Gasteiger partial charge in [-0.1, -0.05) is 19.9 Å². The number of nitrogens with zero attached hydrogens (tertiary/aromatic N) is 3. The largest absolute Gasteiger partial charge is 0.356 e. The van der Waals surface area contributed by atoms with E-state index in [2.05, 4.69) is 39.4 Å². The molecule has 1 rings (SSSR count). The zero-order chi connectivity index (χ0) is 14.6. The SMILES string of the molecule is CCN(CC)CCNC(=NC)NCCc1ccccn1. The van der Waals surface area contributed by atoms with Crippen molar-refractivity contribution in [2.75, 3.05) is 39.8 Å². The van der Waals surface area contributed by atoms with Crippen LogP contribution in [0.1, 0.15) is 19.5 Å². The predicted octanol–water partition coefficient (Wildman–Crippen LogP) is 1.13. The van der Waals surface area contributed by atoms with Crippen LogP contribution in [-0.2, 0) is 6.42 Å². The molecule has 0 spiro atoms. The summed E-state index contributed by atoms with van der Waals surface area (Å²) in [4.78, 5) is 10.9. The monoisotopic (exact) mass is 277 g/mol. The van der Waals surface area contributed by atoms with E-state index in [1.807, 2.05) is 24.4 Å². The molecule has 0 aromatic carbocycles. The Morgan fingerprint density at radius 1 is 1.20 bits per heavy atom. The summed E-state index contributed by atoms with van der Waals surface area (Å²) >= 11 is 0. The molecule has 0 unspecified atom stereocenters. The van der Waals surface area contributed by atoms with E-state index in [-0.39, 0.29) is 0 Å². The summed E-state index contributed by atoms with van der Waals surface area (Å²) < 4.78 is 0. The van der Waals surface area contributed by atoms with Gasteiger partial charge in [-0.05, 0) is 25.2 Å². The molecule has 0 saturated heterocycles. The summed E-state index contributed by atoms with van der Waals surface area (Å²) in [5.74, 6) is 0.855. The molecule has 20 heavy (non-hydrogen) atoms. The molecule has 1 aromatic heterocycles. The molecule has 2 N–H and O–H groups in total. The molecule has 0 aliphatic carbocycles. The maximum absolute atomic E-state index is 4.30. The van der Waals surface area contributed by atoms with Gasteiger partial charge in [-0.3, -0.25) is 9.98 Å². The molecule has 0 aliphatic rings. The lowest BCUT2D eigenvalue weighted by Gasteiger charge is -2.19. The first-order valence-electron chi connectivity index (χ1n) is 7.36. The third kappa shape index (κ3) is 6.52. The van der Waals surface area contributed by atoms with Gasteiger partial charge in [-0.25, -0.2) is 0 Å². The quantitative estimate of drug-likeness (QED) is 0.552. The van der Waals surface area contributed by atoms with Gasteiger partial charge in [0.05, 0.1) is 0 Å². The average Bonchev–Trinajstić information content (AvgIpc) is 2.51. The van der Waals surface area contributed by atoms with Crippen LogP contribution < -0.4 is 10.6 Å². The molecule has 1 aromatic rings. The van der Waals surface area contributed by atoms with E-state index in [9.17, 15) is 0 Å². The van der Waals surface area contributed by atoms with Gasteiger partial charge in [-0.15, -0.1) is 0 Å². The zero-order valence-electron chi connectivity index (χ0n) is 12.9. The minimum absolute atomic E-state index is 0.835. The maximum Gasteiger partial charge on any atom is 0.191 e. The molecule has 1 heterocycles. The van der Waals surface area contributed by atoms with Crippen LogP contribution in [0, 0.1) is 0 Å². The van der Waals surface area contributed by atoms with Crippen LogP contribution in [0.3, 0.4) is 0 Å². The highest BCUT2D eigenvalue weighted by atomic mass is 15.2. The van der Waals surface area contributed by atoms with Crippen molar-refractivity contribution in [1.82, 2.24) is 20.5 Å². The van der Waals surface area contributed by atoms with Gasteiger partial charge in [0.15, 0.2) is 5.96 Å². The van der Waals surface area contributed by atoms with E-state index >= 15 is 0 Å². The third-order valence-electron chi connectivity index (χ3n) is 3.24. The fourth-order valence-corrected chi connectivity index (χ4v) is 1.95. The second-order valence-electron chi connectivity index (χ2n) is 4.52. The summed E-state index contributed by atoms with van der Waals surface area (Å²) in [6.07, 6.45) is 2.73. The van der Waals surface area contributed by atoms with Crippen molar-refractivity contribution in [3.63, 3.8) is 0 Å². The number of nitrogens with one attached hydrogen (secondary N) is 2. The van der Waals surface area contributed by atoms with Gasteiger partial charge in [0.1, 0.15) is 0 Å². The number of likely N-dealkylation sites (N-methyl/N-ethyl adjacent to an activating group) is 1. The number of hydrogen-bond acceptors (Lipinski definition) is 3. The van der Waals surface area contributed by atoms with Gasteiger partial charge in [0.25, 0.3) is 0 Å². The highest BCUT2D eigenvalue weighted by Gasteiger charge is 2.00. The fraction of sp³-hybridized carbons (Fsp3) is 0.600. The lowest BCUT2D eigenvalue weighted by Crippen LogP contribution is -2.42. The van der Waals surface area contributed by atoms with Gasteiger partial charge in [0, 0.05) is 45.0 Å². The molecule has 5 heteroatoms. The Kier molecular flexibility index (Phi) is 8.38. The summed E-state index contributed by atoms with van der Waals surface area (Å²) in [6, 6.07) is 5.99. The first kappa shape index (κ1) is 16.4. The Bertz CT molecular complexity index is 373. The Balaban J connectivity index is 2.20. The van der Waals surface area contributed by atoms with Gasteiger partial charge in [0.2, 0.25) is 0 Å². The van der Waals surface area contributed by atoms with Crippen LogP contribution in [-0.4, -0.2) is 55.6 Å². The van der Waals surface area contributed by atoms with Crippen LogP contribution in [0.25, 0.3) is 0 Å². The number of rotatable bonds is 8. The molecule has 0 saturated carbocycles. The van der Waals surface area contributed by atoms with Gasteiger partial charge < -0.3 is 15.5 Å². The van der Waals surface area contributed by atoms with E-state index in [1.54, 1.807) is 7.05 Å². The van der Waals surface area contributed by atoms with E-state index < -0.39 is 0 Å². The molecule has 0 atom stereocenters. The van der Waals surface area contributed by atoms with Gasteiger partial charge in [-0.2, -0.15) is 0 Å². The van der Waals surface area contributed by atoms with E-state index in [4.69, 9.17) is 0 Å². The highest BCUT2D eigenvalue weighted by Crippen LogP contribution is 1.92. The minimum atomic E-state index is 0.835. The Hall–Kier alpha value is -1.62. The second-order valence-corrected chi connectivity index (χ2v) is 4.52. The normalized spacial score (nSPS) is 11.7. The third-order valence-corrected chi connectivity index (χ3v) is 3.24. The minimum Gasteiger partial charge on any atom is -0.356 e. The van der Waals surface area contributed by atoms with Crippen molar-refractivity contribution < 1.29 is 0 Å². The molecule has 112 valence electrons. The Morgan fingerprint density at radius 2 is 1.95 bits per heavy atom. The van der Waals surface area contributed by atoms with E-state index in [0.717, 1.165) is 50.8 Å². The summed E-state index contributed by atoms with van der Waals surface area (Å²) in [7, 11) is 1.80. The molecular weight excluding hydrogens is 250 g/mol. The number of aliphatic imine (C=N–C) groups is 1. The number of guanidine groups is 1. The highest BCUT2D eigenvalue weighted by molar-refractivity contribution is 5.79. The lowest BCUT2D eigenvalue weighted by molar-refractivity contribution is 0.308. The lowest BCUT2D eigenvalue weighted by atomic mass is 10.3. The van der Waals surface area contributed by atoms with Crippen LogP contribution in [0.2, 0.25) is 0 Å². The molecule has 0 fully saturated rings. The topological polar surface area (TPSA) is 52.5 Å². The van der Waals surface area contributed by atoms with Crippen molar-refractivity contribution in [3.05, 3.63) is 30.1 Å². The maximum atomic E-state index is 4.30. The number of hydrogen-bond donors (Lipinski definition) is 2. The molecule has 0 amide bonds. The smallest absolute Gasteiger partial charge is 0.191 e. The van der Waals surface area contributed by atoms with Crippen molar-refractivity contribution in [3.8, 4) is 0 Å². The first-order chi connectivity index (χ1) is 9.80. The summed E-state index contributed by atoms with van der Waals surface area (Å²) in [5.41, 5.74) is 1.10. The molecule has 0 radical (unpaired) electrons. The fourth-order valence-electron chi connectivity index (χ4n) is 1.95. The standard InChI is InChI=1S/C15H27N5/c1-4-20(5-2)13-12-19-15(16-3)18-11-9-14-8-6-7-10-17-14/h6-8,10H,4-5,9,11-13H2,1-3H3,(H2,16,18,19). The molecule has 0 aliphatic heterocycles. The van der Waals surface area contributed by atoms with Crippen molar-refractivity contribution in [2.45, 2.75) is 20.3 Å². The summed E-state index contributed by atoms with van der Waals surface area (Å²) in [6.45, 7) is 9.32. The van der Waals surface area contributed by atoms with E-state index in [1.165, 1.54) is 0 Å². The Labute approximate surface area is 122 Å². The van der Waals surface area contributed by atoms with E-state index in [0.29, 0.717) is 0 Å². The van der Waals surface area contributed by atoms with Gasteiger partial charge >= 0.3 is 0 Å². The predicted molar refractivity (Wildman–Crippen MR) is 85.1 cm³/mol. The second kappa shape index (κ2) is 10.2. The molecular formula is C15H27N5. The zero-order valence-corrected chi connectivity index (χ0v) is 12.9. The first-order valence-corrected chi connectivity index (χ1v) is 7.36. The Morgan fingerprint density at radius 3 is 2.55 bits per heavy atom. The van der Waals surface area contributed by atoms with Crippen molar-refractivity contribution in [1.29, 1.82) is 0 Å². The number of pyridine rings is 1. The average molecular weight is 277 g/mol. The van der Waals surface area contributed by atoms with Crippen molar-refractivity contribution in [2.24, 2.45) is 4.99 Å². The number of aromatic nitrogens is 1.